The topological polar surface area (TPSA) is 97.6 Å². The second-order valence-electron chi connectivity index (χ2n) is 10.2. The minimum absolute atomic E-state index is 0.227. The van der Waals surface area contributed by atoms with Gasteiger partial charge in [0.25, 0.3) is 0 Å². The van der Waals surface area contributed by atoms with Crippen molar-refractivity contribution in [2.24, 2.45) is 10.3 Å². The number of aryl methyl sites for hydroxylation is 2. The molecule has 0 aromatic heterocycles. The Labute approximate surface area is 196 Å². The van der Waals surface area contributed by atoms with Gasteiger partial charge in [-0.2, -0.15) is 5.26 Å². The number of hydrogen-bond acceptors (Lipinski definition) is 5. The first kappa shape index (κ1) is 22.4. The van der Waals surface area contributed by atoms with Gasteiger partial charge in [-0.25, -0.2) is 13.7 Å². The fraction of sp³-hybridized carbons (Fsp3) is 0.600. The highest BCUT2D eigenvalue weighted by molar-refractivity contribution is 7.95. The molecule has 1 heterocycles. The number of carbonyl (C=O) groups excluding carboxylic acids is 1. The van der Waals surface area contributed by atoms with Crippen LogP contribution in [0.15, 0.2) is 21.9 Å². The Kier molecular flexibility index (Phi) is 5.96. The van der Waals surface area contributed by atoms with E-state index in [0.717, 1.165) is 76.1 Å². The van der Waals surface area contributed by atoms with Gasteiger partial charge < -0.3 is 5.32 Å². The number of carbonyl (C=O) groups is 1. The summed E-state index contributed by atoms with van der Waals surface area (Å²) in [5.41, 5.74) is 5.71. The van der Waals surface area contributed by atoms with Crippen LogP contribution in [0.2, 0.25) is 0 Å². The highest BCUT2D eigenvalue weighted by atomic mass is 32.2. The molecule has 0 radical (unpaired) electrons. The Morgan fingerprint density at radius 3 is 2.58 bits per heavy atom. The molecule has 176 valence electrons. The fourth-order valence-corrected chi connectivity index (χ4v) is 6.86. The lowest BCUT2D eigenvalue weighted by molar-refractivity contribution is 0.195. The number of nitriles is 1. The summed E-state index contributed by atoms with van der Waals surface area (Å²) in [6.45, 7) is 4.21. The lowest BCUT2D eigenvalue weighted by atomic mass is 9.99. The van der Waals surface area contributed by atoms with Gasteiger partial charge in [-0.05, 0) is 106 Å². The van der Waals surface area contributed by atoms with Crippen LogP contribution in [-0.4, -0.2) is 33.8 Å². The van der Waals surface area contributed by atoms with Crippen molar-refractivity contribution in [3.8, 4) is 6.19 Å². The quantitative estimate of drug-likeness (QED) is 0.605. The minimum atomic E-state index is -3.35. The maximum atomic E-state index is 13.4. The molecule has 2 N–H and O–H groups in total. The summed E-state index contributed by atoms with van der Waals surface area (Å²) in [7, 11) is -3.35. The number of urea groups is 1. The number of hydrogen-bond donors (Lipinski definition) is 2. The number of nitrogens with one attached hydrogen (secondary N) is 2. The van der Waals surface area contributed by atoms with Crippen molar-refractivity contribution in [2.45, 2.75) is 76.7 Å². The number of nitrogens with zero attached hydrogens (tertiary/aromatic N) is 3. The second kappa shape index (κ2) is 8.77. The minimum Gasteiger partial charge on any atom is -0.307 e. The smallest absolute Gasteiger partial charge is 0.307 e. The molecule has 7 nitrogen and oxygen atoms in total. The largest absolute Gasteiger partial charge is 0.331 e. The molecule has 1 unspecified atom stereocenters. The predicted molar refractivity (Wildman–Crippen MR) is 130 cm³/mol. The number of benzene rings is 1. The summed E-state index contributed by atoms with van der Waals surface area (Å²) in [5.74, 6) is 0.766. The fourth-order valence-electron chi connectivity index (χ4n) is 5.77. The molecule has 8 heteroatoms. The van der Waals surface area contributed by atoms with Crippen LogP contribution in [0.4, 0.5) is 10.5 Å². The lowest BCUT2D eigenvalue weighted by Crippen LogP contribution is -2.41. The molecule has 5 rings (SSSR count). The molecule has 3 aliphatic carbocycles. The summed E-state index contributed by atoms with van der Waals surface area (Å²) in [6, 6.07) is 1.74. The highest BCUT2D eigenvalue weighted by Crippen LogP contribution is 2.39. The number of likely N-dealkylation sites (tertiary alicyclic amines) is 1. The third kappa shape index (κ3) is 4.67. The van der Waals surface area contributed by atoms with Crippen LogP contribution in [0, 0.1) is 17.4 Å². The molecule has 1 aromatic rings. The number of anilines is 1. The Hall–Kier alpha value is -2.37. The van der Waals surface area contributed by atoms with Crippen LogP contribution in [0.5, 0.6) is 0 Å². The van der Waals surface area contributed by atoms with Gasteiger partial charge in [0.1, 0.15) is 0 Å². The van der Waals surface area contributed by atoms with Crippen LogP contribution < -0.4 is 10.0 Å². The molecule has 1 aliphatic heterocycles. The van der Waals surface area contributed by atoms with Gasteiger partial charge in [0, 0.05) is 23.2 Å². The molecule has 1 saturated heterocycles. The maximum absolute atomic E-state index is 13.4. The molecule has 33 heavy (non-hydrogen) atoms. The van der Waals surface area contributed by atoms with Crippen molar-refractivity contribution in [3.63, 3.8) is 0 Å². The first-order valence-corrected chi connectivity index (χ1v) is 13.8. The maximum Gasteiger partial charge on any atom is 0.331 e. The summed E-state index contributed by atoms with van der Waals surface area (Å²) in [5, 5.41) is 13.6. The number of fused-ring (bicyclic) bond motifs is 2. The standard InChI is InChI=1S/C25H33N5O2S/c1-25(11-4-13-30(25)16-18-9-10-18)12-14-33(32,27-17-26)29-24(31)28-23-21-7-2-5-19(21)15-20-6-3-8-22(20)23/h12,14-15,18H,2-11,13,16H2,1H3,(H2,27,28,29,31,32)/b14-12+/t25-,33?/m0/s1. The zero-order valence-electron chi connectivity index (χ0n) is 19.4. The Bertz CT molecular complexity index is 1120. The zero-order chi connectivity index (χ0) is 23.1. The molecule has 2 atom stereocenters. The molecular formula is C25H33N5O2S. The third-order valence-corrected chi connectivity index (χ3v) is 9.08. The average molecular weight is 468 g/mol. The van der Waals surface area contributed by atoms with Crippen LogP contribution >= 0.6 is 0 Å². The first-order chi connectivity index (χ1) is 15.9. The summed E-state index contributed by atoms with van der Waals surface area (Å²) in [4.78, 5) is 15.4. The second-order valence-corrected chi connectivity index (χ2v) is 12.0. The van der Waals surface area contributed by atoms with Crippen molar-refractivity contribution >= 4 is 21.6 Å². The van der Waals surface area contributed by atoms with E-state index < -0.39 is 15.9 Å². The Balaban J connectivity index is 1.34. The first-order valence-electron chi connectivity index (χ1n) is 12.2. The van der Waals surface area contributed by atoms with E-state index in [0.29, 0.717) is 0 Å². The van der Waals surface area contributed by atoms with Gasteiger partial charge in [0.05, 0.1) is 0 Å². The van der Waals surface area contributed by atoms with E-state index in [2.05, 4.69) is 32.3 Å². The molecule has 4 aliphatic rings. The SMILES string of the molecule is C[C@@]1(/C=C/S(=O)(=NC#N)NC(=O)Nc2c3c(cc4c2CCC4)CCC3)CCCN1CC1CC1. The van der Waals surface area contributed by atoms with Crippen molar-refractivity contribution < 1.29 is 9.00 Å². The van der Waals surface area contributed by atoms with Crippen LogP contribution in [-0.2, 0) is 35.6 Å². The van der Waals surface area contributed by atoms with E-state index >= 15 is 0 Å². The van der Waals surface area contributed by atoms with Crippen LogP contribution in [0.25, 0.3) is 0 Å². The van der Waals surface area contributed by atoms with Crippen LogP contribution in [0.3, 0.4) is 0 Å². The molecular weight excluding hydrogens is 434 g/mol. The Morgan fingerprint density at radius 2 is 1.94 bits per heavy atom. The van der Waals surface area contributed by atoms with Crippen molar-refractivity contribution in [1.29, 1.82) is 5.26 Å². The van der Waals surface area contributed by atoms with E-state index in [1.807, 2.05) is 6.08 Å². The number of rotatable bonds is 6. The lowest BCUT2D eigenvalue weighted by Gasteiger charge is -2.32. The number of amides is 2. The van der Waals surface area contributed by atoms with E-state index in [4.69, 9.17) is 0 Å². The zero-order valence-corrected chi connectivity index (χ0v) is 20.2. The van der Waals surface area contributed by atoms with Crippen molar-refractivity contribution in [3.05, 3.63) is 39.8 Å². The highest BCUT2D eigenvalue weighted by Gasteiger charge is 2.38. The van der Waals surface area contributed by atoms with Gasteiger partial charge in [-0.3, -0.25) is 4.90 Å². The van der Waals surface area contributed by atoms with Gasteiger partial charge >= 0.3 is 6.03 Å². The van der Waals surface area contributed by atoms with Crippen molar-refractivity contribution in [2.75, 3.05) is 18.4 Å². The summed E-state index contributed by atoms with van der Waals surface area (Å²) < 4.78 is 19.6. The monoisotopic (exact) mass is 467 g/mol. The Morgan fingerprint density at radius 1 is 1.24 bits per heavy atom. The normalized spacial score (nSPS) is 25.9. The van der Waals surface area contributed by atoms with E-state index in [9.17, 15) is 14.3 Å². The van der Waals surface area contributed by atoms with Crippen molar-refractivity contribution in [1.82, 2.24) is 9.62 Å². The van der Waals surface area contributed by atoms with E-state index in [-0.39, 0.29) is 5.54 Å². The molecule has 2 fully saturated rings. The predicted octanol–water partition coefficient (Wildman–Crippen LogP) is 4.43. The van der Waals surface area contributed by atoms with Gasteiger partial charge in [-0.1, -0.05) is 16.5 Å². The average Bonchev–Trinajstić information content (AvgIpc) is 3.13. The van der Waals surface area contributed by atoms with Gasteiger partial charge in [-0.15, -0.1) is 0 Å². The van der Waals surface area contributed by atoms with Gasteiger partial charge in [0.2, 0.25) is 6.19 Å². The molecule has 0 spiro atoms. The molecule has 2 amide bonds. The summed E-state index contributed by atoms with van der Waals surface area (Å²) >= 11 is 0. The molecule has 0 bridgehead atoms. The third-order valence-electron chi connectivity index (χ3n) is 7.75. The van der Waals surface area contributed by atoms with E-state index in [1.54, 1.807) is 6.19 Å². The van der Waals surface area contributed by atoms with Crippen LogP contribution in [0.1, 0.15) is 67.7 Å². The van der Waals surface area contributed by atoms with Gasteiger partial charge in [0.15, 0.2) is 9.92 Å². The van der Waals surface area contributed by atoms with E-state index in [1.165, 1.54) is 40.5 Å². The molecule has 1 aromatic carbocycles. The molecule has 1 saturated carbocycles. The summed E-state index contributed by atoms with van der Waals surface area (Å²) in [6.07, 6.45) is 14.3.